The van der Waals surface area contributed by atoms with Gasteiger partial charge in [0.05, 0.1) is 37.1 Å². The first-order chi connectivity index (χ1) is 11.2. The number of carbonyl (C=O) groups is 1. The van der Waals surface area contributed by atoms with Gasteiger partial charge >= 0.3 is 0 Å². The summed E-state index contributed by atoms with van der Waals surface area (Å²) in [5.41, 5.74) is 3.05. The molecule has 6 heteroatoms. The Morgan fingerprint density at radius 1 is 1.43 bits per heavy atom. The van der Waals surface area contributed by atoms with Gasteiger partial charge in [-0.1, -0.05) is 0 Å². The number of ether oxygens (including phenoxy) is 1. The molecule has 0 bridgehead atoms. The van der Waals surface area contributed by atoms with Gasteiger partial charge in [0.25, 0.3) is 0 Å². The SMILES string of the molecule is Cc1nccnc1CC[C@H]1COCCN1C(=O)Cc1ccsc1. The first-order valence-electron chi connectivity index (χ1n) is 7.89. The molecule has 5 nitrogen and oxygen atoms in total. The Bertz CT molecular complexity index is 645. The lowest BCUT2D eigenvalue weighted by atomic mass is 10.1. The molecule has 2 aromatic rings. The molecule has 1 aliphatic rings. The quantitative estimate of drug-likeness (QED) is 0.843. The van der Waals surface area contributed by atoms with Gasteiger partial charge in [0.1, 0.15) is 0 Å². The number of amides is 1. The van der Waals surface area contributed by atoms with Crippen LogP contribution in [0.1, 0.15) is 23.4 Å². The van der Waals surface area contributed by atoms with E-state index in [-0.39, 0.29) is 11.9 Å². The van der Waals surface area contributed by atoms with E-state index in [1.165, 1.54) is 0 Å². The summed E-state index contributed by atoms with van der Waals surface area (Å²) in [5, 5.41) is 4.05. The molecule has 23 heavy (non-hydrogen) atoms. The van der Waals surface area contributed by atoms with Crippen LogP contribution in [0, 0.1) is 6.92 Å². The molecule has 3 rings (SSSR count). The average molecular weight is 331 g/mol. The second-order valence-electron chi connectivity index (χ2n) is 5.75. The molecule has 122 valence electrons. The molecule has 2 aromatic heterocycles. The minimum absolute atomic E-state index is 0.122. The molecular formula is C17H21N3O2S. The highest BCUT2D eigenvalue weighted by Gasteiger charge is 2.27. The van der Waals surface area contributed by atoms with E-state index in [4.69, 9.17) is 4.74 Å². The van der Waals surface area contributed by atoms with Crippen LogP contribution < -0.4 is 0 Å². The number of hydrogen-bond donors (Lipinski definition) is 0. The highest BCUT2D eigenvalue weighted by atomic mass is 32.1. The Morgan fingerprint density at radius 3 is 3.09 bits per heavy atom. The van der Waals surface area contributed by atoms with E-state index in [2.05, 4.69) is 9.97 Å². The van der Waals surface area contributed by atoms with Crippen LogP contribution in [0.5, 0.6) is 0 Å². The van der Waals surface area contributed by atoms with Gasteiger partial charge in [0, 0.05) is 18.9 Å². The van der Waals surface area contributed by atoms with E-state index in [9.17, 15) is 4.79 Å². The predicted molar refractivity (Wildman–Crippen MR) is 89.4 cm³/mol. The summed E-state index contributed by atoms with van der Waals surface area (Å²) in [7, 11) is 0. The molecule has 0 radical (unpaired) electrons. The molecule has 1 aliphatic heterocycles. The molecule has 0 unspecified atom stereocenters. The van der Waals surface area contributed by atoms with E-state index in [1.807, 2.05) is 28.7 Å². The molecule has 1 atom stereocenters. The van der Waals surface area contributed by atoms with Gasteiger partial charge in [-0.15, -0.1) is 0 Å². The van der Waals surface area contributed by atoms with E-state index < -0.39 is 0 Å². The van der Waals surface area contributed by atoms with Crippen LogP contribution in [0.3, 0.4) is 0 Å². The van der Waals surface area contributed by atoms with Gasteiger partial charge in [-0.2, -0.15) is 11.3 Å². The van der Waals surface area contributed by atoms with E-state index in [0.717, 1.165) is 29.8 Å². The Labute approximate surface area is 140 Å². The summed E-state index contributed by atoms with van der Waals surface area (Å²) < 4.78 is 5.59. The monoisotopic (exact) mass is 331 g/mol. The number of hydrogen-bond acceptors (Lipinski definition) is 5. The Hall–Kier alpha value is -1.79. The molecule has 0 spiro atoms. The lowest BCUT2D eigenvalue weighted by Gasteiger charge is -2.35. The van der Waals surface area contributed by atoms with E-state index >= 15 is 0 Å². The molecule has 0 N–H and O–H groups in total. The summed E-state index contributed by atoms with van der Waals surface area (Å²) in [6.07, 6.45) is 5.58. The fraction of sp³-hybridized carbons (Fsp3) is 0.471. The Balaban J connectivity index is 1.62. The van der Waals surface area contributed by atoms with Crippen molar-refractivity contribution < 1.29 is 9.53 Å². The normalized spacial score (nSPS) is 18.1. The molecule has 0 saturated carbocycles. The first kappa shape index (κ1) is 16.1. The molecule has 1 saturated heterocycles. The van der Waals surface area contributed by atoms with Crippen LogP contribution in [-0.2, 0) is 22.4 Å². The average Bonchev–Trinajstić information content (AvgIpc) is 3.07. The van der Waals surface area contributed by atoms with Crippen LogP contribution >= 0.6 is 11.3 Å². The van der Waals surface area contributed by atoms with Gasteiger partial charge in [-0.25, -0.2) is 0 Å². The van der Waals surface area contributed by atoms with E-state index in [1.54, 1.807) is 23.7 Å². The lowest BCUT2D eigenvalue weighted by Crippen LogP contribution is -2.49. The molecule has 1 amide bonds. The minimum atomic E-state index is 0.122. The summed E-state index contributed by atoms with van der Waals surface area (Å²) in [6, 6.07) is 2.14. The predicted octanol–water partition coefficient (Wildman–Crippen LogP) is 2.25. The summed E-state index contributed by atoms with van der Waals surface area (Å²) in [5.74, 6) is 0.188. The Kier molecular flexibility index (Phi) is 5.35. The highest BCUT2D eigenvalue weighted by molar-refractivity contribution is 7.07. The van der Waals surface area contributed by atoms with Gasteiger partial charge in [0.2, 0.25) is 5.91 Å². The number of carbonyl (C=O) groups excluding carboxylic acids is 1. The van der Waals surface area contributed by atoms with Crippen molar-refractivity contribution in [2.45, 2.75) is 32.2 Å². The standard InChI is InChI=1S/C17H21N3O2S/c1-13-16(19-6-5-18-13)3-2-15-11-22-8-7-20(15)17(21)10-14-4-9-23-12-14/h4-6,9,12,15H,2-3,7-8,10-11H2,1H3/t15-/m0/s1. The van der Waals surface area contributed by atoms with Crippen molar-refractivity contribution in [3.63, 3.8) is 0 Å². The summed E-state index contributed by atoms with van der Waals surface area (Å²) in [4.78, 5) is 23.2. The molecule has 3 heterocycles. The van der Waals surface area contributed by atoms with Gasteiger partial charge in [-0.05, 0) is 42.2 Å². The maximum absolute atomic E-state index is 12.6. The number of rotatable bonds is 5. The second kappa shape index (κ2) is 7.66. The van der Waals surface area contributed by atoms with Crippen molar-refractivity contribution in [1.82, 2.24) is 14.9 Å². The molecule has 1 fully saturated rings. The third-order valence-corrected chi connectivity index (χ3v) is 4.91. The zero-order chi connectivity index (χ0) is 16.1. The number of thiophene rings is 1. The van der Waals surface area contributed by atoms with Crippen LogP contribution in [0.15, 0.2) is 29.2 Å². The van der Waals surface area contributed by atoms with Crippen molar-refractivity contribution in [3.8, 4) is 0 Å². The molecule has 0 aromatic carbocycles. The maximum Gasteiger partial charge on any atom is 0.227 e. The first-order valence-corrected chi connectivity index (χ1v) is 8.83. The number of nitrogens with zero attached hydrogens (tertiary/aromatic N) is 3. The van der Waals surface area contributed by atoms with E-state index in [0.29, 0.717) is 26.2 Å². The number of aryl methyl sites for hydroxylation is 2. The molecule has 0 aliphatic carbocycles. The maximum atomic E-state index is 12.6. The van der Waals surface area contributed by atoms with Crippen LogP contribution in [0.25, 0.3) is 0 Å². The largest absolute Gasteiger partial charge is 0.377 e. The molecular weight excluding hydrogens is 310 g/mol. The number of aromatic nitrogens is 2. The minimum Gasteiger partial charge on any atom is -0.377 e. The summed E-state index contributed by atoms with van der Waals surface area (Å²) in [6.45, 7) is 3.87. The smallest absolute Gasteiger partial charge is 0.227 e. The fourth-order valence-electron chi connectivity index (χ4n) is 2.88. The van der Waals surface area contributed by atoms with Crippen LogP contribution in [0.4, 0.5) is 0 Å². The summed E-state index contributed by atoms with van der Waals surface area (Å²) >= 11 is 1.63. The van der Waals surface area contributed by atoms with Gasteiger partial charge < -0.3 is 9.64 Å². The van der Waals surface area contributed by atoms with Crippen molar-refractivity contribution in [2.24, 2.45) is 0 Å². The van der Waals surface area contributed by atoms with Crippen molar-refractivity contribution in [2.75, 3.05) is 19.8 Å². The number of morpholine rings is 1. The highest BCUT2D eigenvalue weighted by Crippen LogP contribution is 2.17. The van der Waals surface area contributed by atoms with Crippen LogP contribution in [0.2, 0.25) is 0 Å². The zero-order valence-electron chi connectivity index (χ0n) is 13.3. The van der Waals surface area contributed by atoms with Gasteiger partial charge in [-0.3, -0.25) is 14.8 Å². The Morgan fingerprint density at radius 2 is 2.30 bits per heavy atom. The second-order valence-corrected chi connectivity index (χ2v) is 6.53. The fourth-order valence-corrected chi connectivity index (χ4v) is 3.55. The third kappa shape index (κ3) is 4.14. The van der Waals surface area contributed by atoms with Crippen LogP contribution in [-0.4, -0.2) is 46.6 Å². The lowest BCUT2D eigenvalue weighted by molar-refractivity contribution is -0.139. The van der Waals surface area contributed by atoms with Gasteiger partial charge in [0.15, 0.2) is 0 Å². The van der Waals surface area contributed by atoms with Crippen molar-refractivity contribution >= 4 is 17.2 Å². The van der Waals surface area contributed by atoms with Crippen molar-refractivity contribution in [3.05, 3.63) is 46.2 Å². The zero-order valence-corrected chi connectivity index (χ0v) is 14.1. The third-order valence-electron chi connectivity index (χ3n) is 4.18. The van der Waals surface area contributed by atoms with Crippen molar-refractivity contribution in [1.29, 1.82) is 0 Å². The topological polar surface area (TPSA) is 55.3 Å².